The van der Waals surface area contributed by atoms with Crippen molar-refractivity contribution in [3.8, 4) is 5.75 Å². The molecule has 3 aromatic rings. The molecule has 0 fully saturated rings. The number of carbonyl (C=O) groups excluding carboxylic acids is 1. The Kier molecular flexibility index (Phi) is 9.55. The van der Waals surface area contributed by atoms with Crippen LogP contribution in [0.15, 0.2) is 69.4 Å². The van der Waals surface area contributed by atoms with Gasteiger partial charge in [-0.3, -0.25) is 0 Å². The van der Waals surface area contributed by atoms with Gasteiger partial charge in [0.2, 0.25) is 0 Å². The SMILES string of the molecule is O=C([O-])CCCOc1cccc(SC=Cc2ccc3ccc(Br)cc3n2)c1.[Na+]. The molecule has 0 saturated carbocycles. The minimum Gasteiger partial charge on any atom is -0.550 e. The number of carboxylic acids is 1. The first-order valence-corrected chi connectivity index (χ1v) is 10.1. The smallest absolute Gasteiger partial charge is 0.550 e. The molecular weight excluding hydrogens is 449 g/mol. The Morgan fingerprint density at radius 3 is 2.82 bits per heavy atom. The van der Waals surface area contributed by atoms with E-state index in [0.29, 0.717) is 13.0 Å². The van der Waals surface area contributed by atoms with Crippen LogP contribution < -0.4 is 39.4 Å². The molecule has 0 unspecified atom stereocenters. The van der Waals surface area contributed by atoms with Crippen LogP contribution in [0.3, 0.4) is 0 Å². The van der Waals surface area contributed by atoms with E-state index in [-0.39, 0.29) is 36.0 Å². The van der Waals surface area contributed by atoms with Crippen molar-refractivity contribution in [3.05, 3.63) is 70.2 Å². The zero-order valence-corrected chi connectivity index (χ0v) is 19.8. The molecule has 1 aromatic heterocycles. The first-order valence-electron chi connectivity index (χ1n) is 8.42. The molecule has 0 radical (unpaired) electrons. The summed E-state index contributed by atoms with van der Waals surface area (Å²) in [6.07, 6.45) is 2.41. The molecule has 3 rings (SSSR count). The summed E-state index contributed by atoms with van der Waals surface area (Å²) in [5.74, 6) is -0.330. The van der Waals surface area contributed by atoms with Gasteiger partial charge in [-0.1, -0.05) is 45.9 Å². The molecule has 1 heterocycles. The van der Waals surface area contributed by atoms with Crippen LogP contribution in [0.5, 0.6) is 5.75 Å². The van der Waals surface area contributed by atoms with Gasteiger partial charge < -0.3 is 14.6 Å². The van der Waals surface area contributed by atoms with Crippen LogP contribution in [0.2, 0.25) is 0 Å². The van der Waals surface area contributed by atoms with Crippen LogP contribution >= 0.6 is 27.7 Å². The Labute approximate surface area is 198 Å². The number of rotatable bonds is 8. The van der Waals surface area contributed by atoms with Gasteiger partial charge in [0.15, 0.2) is 0 Å². The second kappa shape index (κ2) is 11.6. The zero-order chi connectivity index (χ0) is 19.1. The predicted octanol–water partition coefficient (Wildman–Crippen LogP) is 1.67. The van der Waals surface area contributed by atoms with Gasteiger partial charge in [0.25, 0.3) is 0 Å². The monoisotopic (exact) mass is 465 g/mol. The standard InChI is InChI=1S/C21H18BrNO3S.Na/c22-16-8-6-15-7-9-17(23-20(15)13-16)10-12-27-19-4-1-3-18(14-19)26-11-2-5-21(24)25;/h1,3-4,6-10,12-14H,2,5,11H2,(H,24,25);/q;+1/p-1. The summed E-state index contributed by atoms with van der Waals surface area (Å²) in [4.78, 5) is 16.1. The number of fused-ring (bicyclic) bond motifs is 1. The maximum atomic E-state index is 10.4. The van der Waals surface area contributed by atoms with Crippen LogP contribution in [0.4, 0.5) is 0 Å². The number of benzene rings is 2. The quantitative estimate of drug-likeness (QED) is 0.287. The second-order valence-corrected chi connectivity index (χ2v) is 7.69. The van der Waals surface area contributed by atoms with Crippen molar-refractivity contribution in [1.29, 1.82) is 0 Å². The largest absolute Gasteiger partial charge is 1.00 e. The van der Waals surface area contributed by atoms with E-state index < -0.39 is 5.97 Å². The van der Waals surface area contributed by atoms with E-state index >= 15 is 0 Å². The van der Waals surface area contributed by atoms with Crippen molar-refractivity contribution >= 4 is 50.6 Å². The van der Waals surface area contributed by atoms with Gasteiger partial charge >= 0.3 is 29.6 Å². The fourth-order valence-electron chi connectivity index (χ4n) is 2.43. The maximum Gasteiger partial charge on any atom is 1.00 e. The minimum atomic E-state index is -1.05. The number of carbonyl (C=O) groups is 1. The van der Waals surface area contributed by atoms with E-state index in [1.54, 1.807) is 11.8 Å². The fraction of sp³-hybridized carbons (Fsp3) is 0.143. The average molecular weight is 466 g/mol. The average Bonchev–Trinajstić information content (AvgIpc) is 2.65. The van der Waals surface area contributed by atoms with Gasteiger partial charge in [-0.05, 0) is 60.7 Å². The summed E-state index contributed by atoms with van der Waals surface area (Å²) in [6.45, 7) is 0.356. The molecule has 0 bridgehead atoms. The fourth-order valence-corrected chi connectivity index (χ4v) is 3.48. The number of aromatic nitrogens is 1. The topological polar surface area (TPSA) is 62.2 Å². The molecular formula is C21H17BrNNaO3S. The summed E-state index contributed by atoms with van der Waals surface area (Å²) in [5.41, 5.74) is 1.84. The van der Waals surface area contributed by atoms with E-state index in [4.69, 9.17) is 4.74 Å². The number of carboxylic acid groups (broad SMARTS) is 1. The van der Waals surface area contributed by atoms with Crippen LogP contribution in [-0.4, -0.2) is 17.6 Å². The molecule has 2 aromatic carbocycles. The van der Waals surface area contributed by atoms with Gasteiger partial charge in [0.05, 0.1) is 17.8 Å². The summed E-state index contributed by atoms with van der Waals surface area (Å²) in [7, 11) is 0. The maximum absolute atomic E-state index is 10.4. The van der Waals surface area contributed by atoms with E-state index in [9.17, 15) is 9.90 Å². The Hall–Kier alpha value is -1.31. The minimum absolute atomic E-state index is 0. The van der Waals surface area contributed by atoms with Crippen molar-refractivity contribution < 1.29 is 44.2 Å². The Balaban J connectivity index is 0.00000280. The Bertz CT molecular complexity index is 981. The first-order chi connectivity index (χ1) is 13.1. The molecule has 0 aliphatic rings. The molecule has 138 valence electrons. The summed E-state index contributed by atoms with van der Waals surface area (Å²) in [5, 5.41) is 13.5. The van der Waals surface area contributed by atoms with Gasteiger partial charge in [0.1, 0.15) is 5.75 Å². The van der Waals surface area contributed by atoms with Gasteiger partial charge in [-0.2, -0.15) is 0 Å². The third-order valence-corrected chi connectivity index (χ3v) is 5.01. The Morgan fingerprint density at radius 1 is 1.18 bits per heavy atom. The number of aliphatic carboxylic acids is 1. The number of halogens is 1. The molecule has 0 spiro atoms. The molecule has 28 heavy (non-hydrogen) atoms. The Morgan fingerprint density at radius 2 is 2.00 bits per heavy atom. The van der Waals surface area contributed by atoms with Crippen molar-refractivity contribution in [2.75, 3.05) is 6.61 Å². The summed E-state index contributed by atoms with van der Waals surface area (Å²) in [6, 6.07) is 17.8. The van der Waals surface area contributed by atoms with Gasteiger partial charge in [0, 0.05) is 20.7 Å². The first kappa shape index (κ1) is 23.0. The number of hydrogen-bond donors (Lipinski definition) is 0. The van der Waals surface area contributed by atoms with Crippen LogP contribution in [0.1, 0.15) is 18.5 Å². The van der Waals surface area contributed by atoms with Crippen molar-refractivity contribution in [1.82, 2.24) is 4.98 Å². The normalized spacial score (nSPS) is 10.8. The van der Waals surface area contributed by atoms with Gasteiger partial charge in [-0.15, -0.1) is 0 Å². The van der Waals surface area contributed by atoms with Crippen molar-refractivity contribution in [2.45, 2.75) is 17.7 Å². The third kappa shape index (κ3) is 7.26. The number of nitrogens with zero attached hydrogens (tertiary/aromatic N) is 1. The molecule has 0 amide bonds. The number of hydrogen-bond acceptors (Lipinski definition) is 5. The van der Waals surface area contributed by atoms with E-state index in [0.717, 1.165) is 31.7 Å². The van der Waals surface area contributed by atoms with Crippen molar-refractivity contribution in [3.63, 3.8) is 0 Å². The number of thioether (sulfide) groups is 1. The third-order valence-electron chi connectivity index (χ3n) is 3.72. The molecule has 0 atom stereocenters. The number of ether oxygens (including phenoxy) is 1. The molecule has 4 nitrogen and oxygen atoms in total. The number of pyridine rings is 1. The summed E-state index contributed by atoms with van der Waals surface area (Å²) >= 11 is 5.04. The molecule has 7 heteroatoms. The van der Waals surface area contributed by atoms with Crippen LogP contribution in [-0.2, 0) is 4.79 Å². The second-order valence-electron chi connectivity index (χ2n) is 5.79. The van der Waals surface area contributed by atoms with Crippen LogP contribution in [0, 0.1) is 0 Å². The van der Waals surface area contributed by atoms with Crippen LogP contribution in [0.25, 0.3) is 17.0 Å². The van der Waals surface area contributed by atoms with Crippen molar-refractivity contribution in [2.24, 2.45) is 0 Å². The van der Waals surface area contributed by atoms with E-state index in [2.05, 4.69) is 27.0 Å². The van der Waals surface area contributed by atoms with E-state index in [1.807, 2.05) is 60.0 Å². The van der Waals surface area contributed by atoms with Gasteiger partial charge in [-0.25, -0.2) is 4.98 Å². The van der Waals surface area contributed by atoms with E-state index in [1.165, 1.54) is 0 Å². The predicted molar refractivity (Wildman–Crippen MR) is 111 cm³/mol. The molecule has 0 aliphatic heterocycles. The summed E-state index contributed by atoms with van der Waals surface area (Å²) < 4.78 is 6.58. The molecule has 0 saturated heterocycles. The molecule has 0 aliphatic carbocycles. The zero-order valence-electron chi connectivity index (χ0n) is 15.4. The molecule has 0 N–H and O–H groups in total.